The minimum absolute atomic E-state index is 0.0615. The maximum Gasteiger partial charge on any atom is 0.393 e. The van der Waals surface area contributed by atoms with Crippen LogP contribution in [0.5, 0.6) is 0 Å². The Balaban J connectivity index is 1.26. The summed E-state index contributed by atoms with van der Waals surface area (Å²) in [6, 6.07) is 9.49. The fourth-order valence-electron chi connectivity index (χ4n) is 4.09. The summed E-state index contributed by atoms with van der Waals surface area (Å²) < 4.78 is 38.3. The summed E-state index contributed by atoms with van der Waals surface area (Å²) in [5, 5.41) is 1.74. The quantitative estimate of drug-likeness (QED) is 0.498. The second-order valence-electron chi connectivity index (χ2n) is 7.86. The van der Waals surface area contributed by atoms with E-state index in [1.807, 2.05) is 40.3 Å². The van der Waals surface area contributed by atoms with Crippen molar-refractivity contribution in [2.45, 2.75) is 19.0 Å². The number of hydrogen-bond donors (Lipinski definition) is 1. The number of benzene rings is 1. The van der Waals surface area contributed by atoms with E-state index >= 15 is 0 Å². The molecule has 166 valence electrons. The van der Waals surface area contributed by atoms with Gasteiger partial charge in [0.1, 0.15) is 17.0 Å². The van der Waals surface area contributed by atoms with Crippen LogP contribution in [0.2, 0.25) is 0 Å². The number of halogens is 3. The number of alkyl halides is 3. The number of aromatic nitrogens is 3. The fourth-order valence-corrected chi connectivity index (χ4v) is 5.11. The summed E-state index contributed by atoms with van der Waals surface area (Å²) in [5.41, 5.74) is 1.97. The molecular weight excluding hydrogens is 439 g/mol. The Labute approximate surface area is 185 Å². The van der Waals surface area contributed by atoms with Gasteiger partial charge in [0, 0.05) is 42.8 Å². The van der Waals surface area contributed by atoms with Gasteiger partial charge in [0.2, 0.25) is 5.91 Å². The molecule has 1 aliphatic rings. The first-order chi connectivity index (χ1) is 15.4. The second kappa shape index (κ2) is 8.09. The Kier molecular flexibility index (Phi) is 5.24. The third kappa shape index (κ3) is 4.27. The zero-order chi connectivity index (χ0) is 22.3. The van der Waals surface area contributed by atoms with Crippen LogP contribution in [-0.4, -0.2) is 58.1 Å². The molecule has 0 saturated carbocycles. The fraction of sp³-hybridized carbons (Fsp3) is 0.318. The molecule has 1 fully saturated rings. The average Bonchev–Trinajstić information content (AvgIpc) is 3.38. The lowest BCUT2D eigenvalue weighted by Crippen LogP contribution is -2.49. The Morgan fingerprint density at radius 3 is 2.69 bits per heavy atom. The normalized spacial score (nSPS) is 15.1. The van der Waals surface area contributed by atoms with E-state index in [4.69, 9.17) is 0 Å². The molecule has 0 spiro atoms. The highest BCUT2D eigenvalue weighted by atomic mass is 32.1. The summed E-state index contributed by atoms with van der Waals surface area (Å²) >= 11 is 1.05. The van der Waals surface area contributed by atoms with Gasteiger partial charge in [-0.05, 0) is 29.1 Å². The summed E-state index contributed by atoms with van der Waals surface area (Å²) in [4.78, 5) is 29.1. The van der Waals surface area contributed by atoms with Crippen LogP contribution in [0.3, 0.4) is 0 Å². The molecule has 5 rings (SSSR count). The molecular formula is C22H20F3N5OS. The lowest BCUT2D eigenvalue weighted by atomic mass is 10.1. The zero-order valence-corrected chi connectivity index (χ0v) is 17.8. The number of thiophene rings is 1. The van der Waals surface area contributed by atoms with E-state index in [1.165, 1.54) is 12.4 Å². The number of carbonyl (C=O) groups is 1. The molecule has 1 saturated heterocycles. The van der Waals surface area contributed by atoms with Crippen LogP contribution in [0.15, 0.2) is 42.9 Å². The second-order valence-corrected chi connectivity index (χ2v) is 8.98. The van der Waals surface area contributed by atoms with Crippen LogP contribution in [0, 0.1) is 0 Å². The van der Waals surface area contributed by atoms with Gasteiger partial charge >= 0.3 is 6.18 Å². The third-order valence-corrected chi connectivity index (χ3v) is 6.68. The van der Waals surface area contributed by atoms with E-state index in [9.17, 15) is 18.0 Å². The van der Waals surface area contributed by atoms with E-state index in [2.05, 4.69) is 15.0 Å². The molecule has 4 aromatic rings. The third-order valence-electron chi connectivity index (χ3n) is 5.64. The van der Waals surface area contributed by atoms with Gasteiger partial charge in [-0.1, -0.05) is 12.1 Å². The van der Waals surface area contributed by atoms with Crippen molar-refractivity contribution in [3.05, 3.63) is 53.3 Å². The Morgan fingerprint density at radius 1 is 1.09 bits per heavy atom. The van der Waals surface area contributed by atoms with Crippen molar-refractivity contribution in [3.8, 4) is 0 Å². The SMILES string of the molecule is O=C(Cc1ccc2cc[nH]c2c1)N1CCN(c2ncnc3sc(CC(F)(F)F)cc23)CC1. The highest BCUT2D eigenvalue weighted by molar-refractivity contribution is 7.18. The number of rotatable bonds is 4. The first-order valence-corrected chi connectivity index (χ1v) is 11.1. The topological polar surface area (TPSA) is 65.1 Å². The van der Waals surface area contributed by atoms with E-state index in [0.29, 0.717) is 48.6 Å². The number of carbonyl (C=O) groups excluding carboxylic acids is 1. The predicted molar refractivity (Wildman–Crippen MR) is 118 cm³/mol. The van der Waals surface area contributed by atoms with Crippen molar-refractivity contribution >= 4 is 44.2 Å². The largest absolute Gasteiger partial charge is 0.393 e. The van der Waals surface area contributed by atoms with Crippen LogP contribution in [-0.2, 0) is 17.6 Å². The van der Waals surface area contributed by atoms with Crippen LogP contribution in [0.25, 0.3) is 21.1 Å². The number of amides is 1. The highest BCUT2D eigenvalue weighted by Gasteiger charge is 2.30. The minimum Gasteiger partial charge on any atom is -0.361 e. The maximum atomic E-state index is 12.8. The van der Waals surface area contributed by atoms with Crippen molar-refractivity contribution in [2.24, 2.45) is 0 Å². The molecule has 0 bridgehead atoms. The first-order valence-electron chi connectivity index (χ1n) is 10.2. The summed E-state index contributed by atoms with van der Waals surface area (Å²) in [6.07, 6.45) is -1.63. The Morgan fingerprint density at radius 2 is 1.91 bits per heavy atom. The van der Waals surface area contributed by atoms with Crippen LogP contribution >= 0.6 is 11.3 Å². The van der Waals surface area contributed by atoms with E-state index in [-0.39, 0.29) is 10.8 Å². The average molecular weight is 459 g/mol. The lowest BCUT2D eigenvalue weighted by Gasteiger charge is -2.35. The van der Waals surface area contributed by atoms with Gasteiger partial charge in [0.15, 0.2) is 0 Å². The predicted octanol–water partition coefficient (Wildman–Crippen LogP) is 4.17. The molecule has 6 nitrogen and oxygen atoms in total. The molecule has 1 aliphatic heterocycles. The lowest BCUT2D eigenvalue weighted by molar-refractivity contribution is -0.130. The first kappa shape index (κ1) is 20.7. The summed E-state index contributed by atoms with van der Waals surface area (Å²) in [6.45, 7) is 2.21. The zero-order valence-electron chi connectivity index (χ0n) is 17.0. The van der Waals surface area contributed by atoms with Gasteiger partial charge in [-0.3, -0.25) is 4.79 Å². The van der Waals surface area contributed by atoms with Gasteiger partial charge in [0.05, 0.1) is 18.2 Å². The number of H-pyrrole nitrogens is 1. The van der Waals surface area contributed by atoms with E-state index < -0.39 is 12.6 Å². The van der Waals surface area contributed by atoms with Crippen molar-refractivity contribution in [1.82, 2.24) is 19.9 Å². The monoisotopic (exact) mass is 459 g/mol. The molecule has 1 aromatic carbocycles. The van der Waals surface area contributed by atoms with Crippen LogP contribution in [0.4, 0.5) is 19.0 Å². The molecule has 1 N–H and O–H groups in total. The van der Waals surface area contributed by atoms with Gasteiger partial charge in [-0.2, -0.15) is 13.2 Å². The summed E-state index contributed by atoms with van der Waals surface area (Å²) in [5.74, 6) is 0.690. The Hall–Kier alpha value is -3.14. The molecule has 0 unspecified atom stereocenters. The van der Waals surface area contributed by atoms with Crippen molar-refractivity contribution in [2.75, 3.05) is 31.1 Å². The molecule has 10 heteroatoms. The van der Waals surface area contributed by atoms with Gasteiger partial charge in [-0.25, -0.2) is 9.97 Å². The molecule has 0 radical (unpaired) electrons. The number of nitrogens with zero attached hydrogens (tertiary/aromatic N) is 4. The van der Waals surface area contributed by atoms with Crippen molar-refractivity contribution in [3.63, 3.8) is 0 Å². The number of piperazine rings is 1. The number of nitrogens with one attached hydrogen (secondary N) is 1. The van der Waals surface area contributed by atoms with Crippen LogP contribution < -0.4 is 4.90 Å². The number of anilines is 1. The molecule has 32 heavy (non-hydrogen) atoms. The molecule has 3 aromatic heterocycles. The Bertz CT molecular complexity index is 1270. The number of fused-ring (bicyclic) bond motifs is 2. The highest BCUT2D eigenvalue weighted by Crippen LogP contribution is 2.34. The van der Waals surface area contributed by atoms with Crippen molar-refractivity contribution in [1.29, 1.82) is 0 Å². The smallest absolute Gasteiger partial charge is 0.361 e. The minimum atomic E-state index is -4.26. The number of hydrogen-bond acceptors (Lipinski definition) is 5. The van der Waals surface area contributed by atoms with Crippen LogP contribution in [0.1, 0.15) is 10.4 Å². The van der Waals surface area contributed by atoms with Gasteiger partial charge in [0.25, 0.3) is 0 Å². The summed E-state index contributed by atoms with van der Waals surface area (Å²) in [7, 11) is 0. The molecule has 0 aliphatic carbocycles. The van der Waals surface area contributed by atoms with E-state index in [0.717, 1.165) is 27.8 Å². The van der Waals surface area contributed by atoms with Gasteiger partial charge in [-0.15, -0.1) is 11.3 Å². The molecule has 0 atom stereocenters. The standard InChI is InChI=1S/C22H20F3N5OS/c23-22(24,25)12-16-11-17-20(27-13-28-21(17)32-16)30-7-5-29(6-8-30)19(31)10-14-1-2-15-3-4-26-18(15)9-14/h1-4,9,11,13,26H,5-8,10,12H2. The molecule has 1 amide bonds. The van der Waals surface area contributed by atoms with Gasteiger partial charge < -0.3 is 14.8 Å². The number of aromatic amines is 1. The molecule has 4 heterocycles. The van der Waals surface area contributed by atoms with Crippen molar-refractivity contribution < 1.29 is 18.0 Å². The maximum absolute atomic E-state index is 12.8. The van der Waals surface area contributed by atoms with E-state index in [1.54, 1.807) is 0 Å².